The number of amides is 1. The minimum atomic E-state index is -0.751. The molecule has 1 spiro atoms. The molecule has 0 unspecified atom stereocenters. The number of aliphatic hydroxyl groups excluding tert-OH is 1. The molecule has 1 N–H and O–H groups in total. The second-order valence-corrected chi connectivity index (χ2v) is 12.7. The predicted octanol–water partition coefficient (Wildman–Crippen LogP) is 6.34. The van der Waals surface area contributed by atoms with Crippen LogP contribution in [-0.2, 0) is 14.3 Å². The van der Waals surface area contributed by atoms with E-state index in [2.05, 4.69) is 45.2 Å². The van der Waals surface area contributed by atoms with Crippen molar-refractivity contribution in [3.8, 4) is 0 Å². The molecule has 4 atom stereocenters. The summed E-state index contributed by atoms with van der Waals surface area (Å²) in [5.41, 5.74) is 3.09. The summed E-state index contributed by atoms with van der Waals surface area (Å²) in [5, 5.41) is 11.0. The summed E-state index contributed by atoms with van der Waals surface area (Å²) in [6.07, 6.45) is 4.75. The molecule has 202 valence electrons. The average molecular weight is 526 g/mol. The van der Waals surface area contributed by atoms with Crippen LogP contribution in [-0.4, -0.2) is 54.3 Å². The lowest BCUT2D eigenvalue weighted by atomic mass is 9.85. The first-order valence-electron chi connectivity index (χ1n) is 13.5. The molecule has 1 heterocycles. The van der Waals surface area contributed by atoms with E-state index in [1.807, 2.05) is 44.3 Å². The monoisotopic (exact) mass is 525 g/mol. The van der Waals surface area contributed by atoms with Crippen molar-refractivity contribution < 1.29 is 19.4 Å². The standard InChI is InChI=1S/C31H43NO4S/c1-21-16-25(12-13-27(21)37-6)26(17-23-14-15-31(18-23)35-19-30(3,4)20-36-31)29(34)32(5)22(2)28(33)24-10-8-7-9-11-24/h7-13,16,22-23,26,28,33H,14-15,17-20H2,1-6H3/t22-,23-,26-,28+/m1/s1. The van der Waals surface area contributed by atoms with E-state index in [-0.39, 0.29) is 23.3 Å². The van der Waals surface area contributed by atoms with Crippen LogP contribution in [0.5, 0.6) is 0 Å². The summed E-state index contributed by atoms with van der Waals surface area (Å²) in [6, 6.07) is 15.6. The maximum Gasteiger partial charge on any atom is 0.230 e. The first-order chi connectivity index (χ1) is 17.5. The van der Waals surface area contributed by atoms with E-state index in [9.17, 15) is 9.90 Å². The summed E-state index contributed by atoms with van der Waals surface area (Å²) < 4.78 is 12.6. The summed E-state index contributed by atoms with van der Waals surface area (Å²) in [4.78, 5) is 17.0. The quantitative estimate of drug-likeness (QED) is 0.408. The Bertz CT molecular complexity index is 1060. The average Bonchev–Trinajstić information content (AvgIpc) is 3.30. The van der Waals surface area contributed by atoms with Gasteiger partial charge in [0.25, 0.3) is 0 Å². The van der Waals surface area contributed by atoms with Gasteiger partial charge in [0.15, 0.2) is 5.79 Å². The lowest BCUT2D eigenvalue weighted by Gasteiger charge is -2.41. The molecule has 0 aromatic heterocycles. The zero-order valence-electron chi connectivity index (χ0n) is 23.2. The Kier molecular flexibility index (Phi) is 8.74. The fourth-order valence-corrected chi connectivity index (χ4v) is 6.27. The molecule has 1 amide bonds. The first kappa shape index (κ1) is 28.2. The molecule has 6 heteroatoms. The zero-order valence-corrected chi connectivity index (χ0v) is 24.0. The maximum absolute atomic E-state index is 14.1. The van der Waals surface area contributed by atoms with Crippen LogP contribution in [0.25, 0.3) is 0 Å². The number of nitrogens with zero attached hydrogens (tertiary/aromatic N) is 1. The van der Waals surface area contributed by atoms with Gasteiger partial charge in [-0.25, -0.2) is 0 Å². The molecule has 0 bridgehead atoms. The van der Waals surface area contributed by atoms with Crippen LogP contribution < -0.4 is 0 Å². The van der Waals surface area contributed by atoms with E-state index in [0.717, 1.165) is 36.8 Å². The van der Waals surface area contributed by atoms with Crippen molar-refractivity contribution in [2.45, 2.75) is 82.1 Å². The van der Waals surface area contributed by atoms with E-state index in [4.69, 9.17) is 9.47 Å². The number of thioether (sulfide) groups is 1. The van der Waals surface area contributed by atoms with E-state index >= 15 is 0 Å². The Balaban J connectivity index is 1.54. The van der Waals surface area contributed by atoms with Crippen LogP contribution in [0.1, 0.15) is 75.2 Å². The van der Waals surface area contributed by atoms with Gasteiger partial charge in [0, 0.05) is 30.2 Å². The van der Waals surface area contributed by atoms with Gasteiger partial charge in [0.2, 0.25) is 5.91 Å². The molecule has 1 saturated heterocycles. The van der Waals surface area contributed by atoms with Crippen molar-refractivity contribution >= 4 is 17.7 Å². The highest BCUT2D eigenvalue weighted by atomic mass is 32.2. The lowest BCUT2D eigenvalue weighted by Crippen LogP contribution is -2.46. The van der Waals surface area contributed by atoms with Gasteiger partial charge >= 0.3 is 0 Å². The van der Waals surface area contributed by atoms with Crippen LogP contribution >= 0.6 is 11.8 Å². The van der Waals surface area contributed by atoms with Gasteiger partial charge in [0.1, 0.15) is 0 Å². The Hall–Kier alpha value is -1.86. The van der Waals surface area contributed by atoms with Gasteiger partial charge in [-0.15, -0.1) is 11.8 Å². The molecule has 1 aliphatic carbocycles. The second-order valence-electron chi connectivity index (χ2n) is 11.8. The van der Waals surface area contributed by atoms with Crippen LogP contribution in [0.15, 0.2) is 53.4 Å². The van der Waals surface area contributed by atoms with E-state index in [1.165, 1.54) is 10.5 Å². The molecular weight excluding hydrogens is 482 g/mol. The van der Waals surface area contributed by atoms with Crippen molar-refractivity contribution in [1.82, 2.24) is 4.90 Å². The molecule has 4 rings (SSSR count). The zero-order chi connectivity index (χ0) is 26.8. The van der Waals surface area contributed by atoms with Crippen molar-refractivity contribution in [2.24, 2.45) is 11.3 Å². The van der Waals surface area contributed by atoms with Crippen LogP contribution in [0, 0.1) is 18.3 Å². The fraction of sp³-hybridized carbons (Fsp3) is 0.581. The number of likely N-dealkylation sites (N-methyl/N-ethyl adjacent to an activating group) is 1. The molecular formula is C31H43NO4S. The second kappa shape index (κ2) is 11.5. The molecule has 0 radical (unpaired) electrons. The maximum atomic E-state index is 14.1. The van der Waals surface area contributed by atoms with Gasteiger partial charge in [0.05, 0.1) is 31.3 Å². The van der Waals surface area contributed by atoms with Crippen molar-refractivity contribution in [1.29, 1.82) is 0 Å². The topological polar surface area (TPSA) is 59.0 Å². The molecule has 1 aliphatic heterocycles. The van der Waals surface area contributed by atoms with Crippen molar-refractivity contribution in [3.05, 3.63) is 65.2 Å². The fourth-order valence-electron chi connectivity index (χ4n) is 5.69. The molecule has 2 fully saturated rings. The summed E-state index contributed by atoms with van der Waals surface area (Å²) in [7, 11) is 1.82. The van der Waals surface area contributed by atoms with Gasteiger partial charge in [-0.1, -0.05) is 56.3 Å². The van der Waals surface area contributed by atoms with Crippen molar-refractivity contribution in [2.75, 3.05) is 26.5 Å². The van der Waals surface area contributed by atoms with Gasteiger partial charge < -0.3 is 19.5 Å². The summed E-state index contributed by atoms with van der Waals surface area (Å²) in [5.74, 6) is -0.412. The molecule has 37 heavy (non-hydrogen) atoms. The van der Waals surface area contributed by atoms with Crippen LogP contribution in [0.2, 0.25) is 0 Å². The molecule has 1 saturated carbocycles. The number of aryl methyl sites for hydroxylation is 1. The molecule has 2 aromatic carbocycles. The van der Waals surface area contributed by atoms with Crippen molar-refractivity contribution in [3.63, 3.8) is 0 Å². The largest absolute Gasteiger partial charge is 0.386 e. The minimum Gasteiger partial charge on any atom is -0.386 e. The molecule has 2 aliphatic rings. The predicted molar refractivity (Wildman–Crippen MR) is 150 cm³/mol. The molecule has 2 aromatic rings. The molecule has 5 nitrogen and oxygen atoms in total. The minimum absolute atomic E-state index is 0.0385. The third-order valence-electron chi connectivity index (χ3n) is 8.23. The smallest absolute Gasteiger partial charge is 0.230 e. The number of rotatable bonds is 8. The highest BCUT2D eigenvalue weighted by Crippen LogP contribution is 2.46. The Morgan fingerprint density at radius 3 is 2.43 bits per heavy atom. The Labute approximate surface area is 226 Å². The Morgan fingerprint density at radius 2 is 1.81 bits per heavy atom. The number of carbonyl (C=O) groups is 1. The third kappa shape index (κ3) is 6.42. The first-order valence-corrected chi connectivity index (χ1v) is 14.7. The Morgan fingerprint density at radius 1 is 1.14 bits per heavy atom. The van der Waals surface area contributed by atoms with E-state index < -0.39 is 11.9 Å². The highest BCUT2D eigenvalue weighted by molar-refractivity contribution is 7.98. The van der Waals surface area contributed by atoms with E-state index in [1.54, 1.807) is 16.7 Å². The van der Waals surface area contributed by atoms with Gasteiger partial charge in [-0.05, 0) is 61.6 Å². The summed E-state index contributed by atoms with van der Waals surface area (Å²) in [6.45, 7) is 9.78. The number of carbonyl (C=O) groups excluding carboxylic acids is 1. The number of ether oxygens (including phenoxy) is 2. The summed E-state index contributed by atoms with van der Waals surface area (Å²) >= 11 is 1.72. The number of hydrogen-bond donors (Lipinski definition) is 1. The lowest BCUT2D eigenvalue weighted by molar-refractivity contribution is -0.296. The van der Waals surface area contributed by atoms with E-state index in [0.29, 0.717) is 19.1 Å². The van der Waals surface area contributed by atoms with Crippen LogP contribution in [0.4, 0.5) is 0 Å². The SMILES string of the molecule is CSc1ccc([C@@H](C[C@H]2CCC3(C2)OCC(C)(C)CO3)C(=O)N(C)[C@H](C)[C@H](O)c2ccccc2)cc1C. The van der Waals surface area contributed by atoms with Crippen LogP contribution in [0.3, 0.4) is 0 Å². The van der Waals surface area contributed by atoms with Gasteiger partial charge in [-0.3, -0.25) is 4.79 Å². The normalized spacial score (nSPS) is 22.9. The third-order valence-corrected chi connectivity index (χ3v) is 9.13. The van der Waals surface area contributed by atoms with Gasteiger partial charge in [-0.2, -0.15) is 0 Å². The number of hydrogen-bond acceptors (Lipinski definition) is 5. The number of aliphatic hydroxyl groups is 1. The highest BCUT2D eigenvalue weighted by Gasteiger charge is 2.47. The number of benzene rings is 2.